The molecule has 3 rings (SSSR count). The van der Waals surface area contributed by atoms with Crippen LogP contribution >= 0.6 is 0 Å². The first-order valence-electron chi connectivity index (χ1n) is 9.93. The lowest BCUT2D eigenvalue weighted by atomic mass is 10.2. The lowest BCUT2D eigenvalue weighted by Gasteiger charge is -2.13. The number of hydrogen-bond donors (Lipinski definition) is 0. The molecule has 12 heteroatoms. The van der Waals surface area contributed by atoms with Gasteiger partial charge in [0.2, 0.25) is 0 Å². The average Bonchev–Trinajstić information content (AvgIpc) is 3.09. The zero-order valence-corrected chi connectivity index (χ0v) is 18.9. The quantitative estimate of drug-likeness (QED) is 0.389. The van der Waals surface area contributed by atoms with Crippen molar-refractivity contribution in [1.82, 2.24) is 24.5 Å². The molecule has 0 aromatic carbocycles. The second-order valence-corrected chi connectivity index (χ2v) is 9.21. The van der Waals surface area contributed by atoms with Gasteiger partial charge in [-0.05, 0) is 26.0 Å². The Morgan fingerprint density at radius 3 is 2.41 bits per heavy atom. The van der Waals surface area contributed by atoms with Crippen LogP contribution in [0, 0.1) is 0 Å². The van der Waals surface area contributed by atoms with Crippen molar-refractivity contribution >= 4 is 27.2 Å². The summed E-state index contributed by atoms with van der Waals surface area (Å²) < 4.78 is 66.2. The first kappa shape index (κ1) is 23.6. The van der Waals surface area contributed by atoms with E-state index in [0.29, 0.717) is 18.7 Å². The molecule has 0 atom stereocenters. The standard InChI is InChI=1S/C20H23F3N6O2S/c1-5-29(6-2)26-11-13-8-16(32(30,31)7-3)17(24-10-13)19-27-15-9-14(20(21,22)23)12-25-18(15)28(19)4/h8-12H,5-7H2,1-4H3/b26-11+. The fraction of sp³-hybridized carbons (Fsp3) is 0.400. The third-order valence-corrected chi connectivity index (χ3v) is 6.68. The van der Waals surface area contributed by atoms with Gasteiger partial charge in [0, 0.05) is 38.1 Å². The molecule has 172 valence electrons. The summed E-state index contributed by atoms with van der Waals surface area (Å²) >= 11 is 0. The molecule has 0 aliphatic heterocycles. The lowest BCUT2D eigenvalue weighted by molar-refractivity contribution is -0.137. The van der Waals surface area contributed by atoms with Gasteiger partial charge in [-0.1, -0.05) is 6.92 Å². The normalized spacial score (nSPS) is 12.7. The minimum absolute atomic E-state index is 0.00820. The number of sulfone groups is 1. The zero-order valence-electron chi connectivity index (χ0n) is 18.0. The number of hydrazone groups is 1. The molecule has 0 unspecified atom stereocenters. The van der Waals surface area contributed by atoms with Crippen molar-refractivity contribution in [3.8, 4) is 11.5 Å². The lowest BCUT2D eigenvalue weighted by Crippen LogP contribution is -2.16. The number of alkyl halides is 3. The van der Waals surface area contributed by atoms with E-state index in [2.05, 4.69) is 20.1 Å². The minimum Gasteiger partial charge on any atom is -0.310 e. The summed E-state index contributed by atoms with van der Waals surface area (Å²) in [6.07, 6.45) is -0.882. The van der Waals surface area contributed by atoms with Crippen LogP contribution in [-0.2, 0) is 23.1 Å². The number of fused-ring (bicyclic) bond motifs is 1. The molecule has 3 heterocycles. The van der Waals surface area contributed by atoms with E-state index in [-0.39, 0.29) is 33.3 Å². The van der Waals surface area contributed by atoms with Gasteiger partial charge in [-0.25, -0.2) is 18.4 Å². The van der Waals surface area contributed by atoms with Crippen LogP contribution in [0.2, 0.25) is 0 Å². The van der Waals surface area contributed by atoms with Gasteiger partial charge in [0.15, 0.2) is 21.3 Å². The Labute approximate surface area is 183 Å². The molecular formula is C20H23F3N6O2S. The van der Waals surface area contributed by atoms with Crippen LogP contribution in [0.3, 0.4) is 0 Å². The monoisotopic (exact) mass is 468 g/mol. The summed E-state index contributed by atoms with van der Waals surface area (Å²) in [7, 11) is -2.18. The van der Waals surface area contributed by atoms with E-state index < -0.39 is 21.6 Å². The number of aromatic nitrogens is 4. The molecule has 0 bridgehead atoms. The number of halogens is 3. The Morgan fingerprint density at radius 1 is 1.12 bits per heavy atom. The van der Waals surface area contributed by atoms with Crippen molar-refractivity contribution < 1.29 is 21.6 Å². The summed E-state index contributed by atoms with van der Waals surface area (Å²) in [4.78, 5) is 12.3. The Balaban J connectivity index is 2.18. The molecular weight excluding hydrogens is 445 g/mol. The molecule has 0 amide bonds. The fourth-order valence-corrected chi connectivity index (χ4v) is 4.13. The van der Waals surface area contributed by atoms with Gasteiger partial charge in [-0.3, -0.25) is 9.99 Å². The smallest absolute Gasteiger partial charge is 0.310 e. The second kappa shape index (κ2) is 8.85. The van der Waals surface area contributed by atoms with Crippen LogP contribution in [0.1, 0.15) is 31.9 Å². The molecule has 0 aliphatic rings. The summed E-state index contributed by atoms with van der Waals surface area (Å²) in [5.41, 5.74) is -0.246. The molecule has 0 radical (unpaired) electrons. The van der Waals surface area contributed by atoms with Gasteiger partial charge in [-0.15, -0.1) is 0 Å². The van der Waals surface area contributed by atoms with E-state index in [4.69, 9.17) is 0 Å². The highest BCUT2D eigenvalue weighted by Crippen LogP contribution is 2.32. The topological polar surface area (TPSA) is 93.3 Å². The molecule has 0 fully saturated rings. The van der Waals surface area contributed by atoms with Gasteiger partial charge in [0.05, 0.1) is 22.4 Å². The van der Waals surface area contributed by atoms with Crippen molar-refractivity contribution in [1.29, 1.82) is 0 Å². The van der Waals surface area contributed by atoms with Gasteiger partial charge in [-0.2, -0.15) is 18.3 Å². The maximum absolute atomic E-state index is 13.1. The third kappa shape index (κ3) is 4.59. The summed E-state index contributed by atoms with van der Waals surface area (Å²) in [6.45, 7) is 6.76. The zero-order chi connectivity index (χ0) is 23.7. The van der Waals surface area contributed by atoms with Gasteiger partial charge in [0.25, 0.3) is 0 Å². The van der Waals surface area contributed by atoms with Gasteiger partial charge in [0.1, 0.15) is 11.2 Å². The van der Waals surface area contributed by atoms with Crippen LogP contribution in [-0.4, -0.2) is 58.0 Å². The van der Waals surface area contributed by atoms with Crippen molar-refractivity contribution in [2.45, 2.75) is 31.8 Å². The van der Waals surface area contributed by atoms with E-state index >= 15 is 0 Å². The summed E-state index contributed by atoms with van der Waals surface area (Å²) in [5.74, 6) is -0.0790. The Morgan fingerprint density at radius 2 is 1.81 bits per heavy atom. The summed E-state index contributed by atoms with van der Waals surface area (Å²) in [5, 5.41) is 6.09. The molecule has 0 saturated carbocycles. The Kier molecular flexibility index (Phi) is 6.54. The average molecular weight is 469 g/mol. The highest BCUT2D eigenvalue weighted by atomic mass is 32.2. The minimum atomic E-state index is -4.57. The molecule has 0 saturated heterocycles. The van der Waals surface area contributed by atoms with Crippen molar-refractivity contribution in [2.24, 2.45) is 12.1 Å². The molecule has 0 spiro atoms. The number of rotatable bonds is 7. The van der Waals surface area contributed by atoms with Crippen molar-refractivity contribution in [3.63, 3.8) is 0 Å². The molecule has 0 aliphatic carbocycles. The molecule has 3 aromatic rings. The Bertz CT molecular complexity index is 1260. The van der Waals surface area contributed by atoms with Crippen molar-refractivity contribution in [3.05, 3.63) is 35.7 Å². The summed E-state index contributed by atoms with van der Waals surface area (Å²) in [6, 6.07) is 2.33. The van der Waals surface area contributed by atoms with E-state index in [1.165, 1.54) is 30.0 Å². The number of hydrogen-bond acceptors (Lipinski definition) is 7. The first-order valence-corrected chi connectivity index (χ1v) is 11.6. The van der Waals surface area contributed by atoms with Crippen molar-refractivity contribution in [2.75, 3.05) is 18.8 Å². The van der Waals surface area contributed by atoms with E-state index in [1.54, 1.807) is 12.1 Å². The number of nitrogens with zero attached hydrogens (tertiary/aromatic N) is 6. The van der Waals surface area contributed by atoms with Gasteiger partial charge >= 0.3 is 6.18 Å². The molecule has 8 nitrogen and oxygen atoms in total. The Hall–Kier alpha value is -3.02. The number of imidazole rings is 1. The predicted molar refractivity (Wildman–Crippen MR) is 115 cm³/mol. The van der Waals surface area contributed by atoms with E-state index in [0.717, 1.165) is 12.3 Å². The highest BCUT2D eigenvalue weighted by Gasteiger charge is 2.32. The first-order chi connectivity index (χ1) is 15.0. The second-order valence-electron chi connectivity index (χ2n) is 6.96. The van der Waals surface area contributed by atoms with E-state index in [1.807, 2.05) is 13.8 Å². The number of pyridine rings is 2. The SMILES string of the molecule is CCN(CC)/N=C/c1cnc(-c2nc3cc(C(F)(F)F)cnc3n2C)c(S(=O)(=O)CC)c1. The maximum atomic E-state index is 13.1. The number of aryl methyl sites for hydroxylation is 1. The van der Waals surface area contributed by atoms with Crippen LogP contribution < -0.4 is 0 Å². The largest absolute Gasteiger partial charge is 0.417 e. The highest BCUT2D eigenvalue weighted by molar-refractivity contribution is 7.91. The fourth-order valence-electron chi connectivity index (χ4n) is 3.07. The van der Waals surface area contributed by atoms with Crippen LogP contribution in [0.4, 0.5) is 13.2 Å². The molecule has 3 aromatic heterocycles. The third-order valence-electron chi connectivity index (χ3n) is 4.94. The van der Waals surface area contributed by atoms with E-state index in [9.17, 15) is 21.6 Å². The predicted octanol–water partition coefficient (Wildman–Crippen LogP) is 3.52. The van der Waals surface area contributed by atoms with Gasteiger partial charge < -0.3 is 4.57 Å². The maximum Gasteiger partial charge on any atom is 0.417 e. The van der Waals surface area contributed by atoms with Crippen LogP contribution in [0.15, 0.2) is 34.5 Å². The molecule has 32 heavy (non-hydrogen) atoms. The van der Waals surface area contributed by atoms with Crippen LogP contribution in [0.5, 0.6) is 0 Å². The molecule has 0 N–H and O–H groups in total. The van der Waals surface area contributed by atoms with Crippen LogP contribution in [0.25, 0.3) is 22.7 Å².